The van der Waals surface area contributed by atoms with E-state index in [9.17, 15) is 0 Å². The Labute approximate surface area is 74.9 Å². The van der Waals surface area contributed by atoms with Gasteiger partial charge in [-0.2, -0.15) is 0 Å². The van der Waals surface area contributed by atoms with Crippen LogP contribution in [0.2, 0.25) is 0 Å². The van der Waals surface area contributed by atoms with Crippen LogP contribution in [0.3, 0.4) is 0 Å². The lowest BCUT2D eigenvalue weighted by Gasteiger charge is -2.19. The predicted octanol–water partition coefficient (Wildman–Crippen LogP) is 2.37. The summed E-state index contributed by atoms with van der Waals surface area (Å²) in [4.78, 5) is 0. The topological polar surface area (TPSA) is 18.5 Å². The normalized spacial score (nSPS) is 15.2. The molecule has 0 radical (unpaired) electrons. The Bertz CT molecular complexity index is 132. The first-order chi connectivity index (χ1) is 5.76. The largest absolute Gasteiger partial charge is 0.359 e. The van der Waals surface area contributed by atoms with Crippen LogP contribution in [0.1, 0.15) is 13.3 Å². The Balaban J connectivity index is 3.77. The minimum absolute atomic E-state index is 0.0583. The standard InChI is InChI=1S/C10H18O2/c1-5-7-9(3)10(6-2)12-8-11-4/h5-6,9-10H,1-2,7-8H2,3-4H3/t9-,10-/m0/s1. The van der Waals surface area contributed by atoms with Crippen LogP contribution in [-0.4, -0.2) is 20.0 Å². The number of rotatable bonds is 7. The van der Waals surface area contributed by atoms with E-state index in [0.29, 0.717) is 12.7 Å². The maximum Gasteiger partial charge on any atom is 0.147 e. The molecule has 0 fully saturated rings. The second-order valence-electron chi connectivity index (χ2n) is 2.78. The van der Waals surface area contributed by atoms with Crippen LogP contribution in [0.15, 0.2) is 25.3 Å². The van der Waals surface area contributed by atoms with Crippen molar-refractivity contribution in [3.63, 3.8) is 0 Å². The van der Waals surface area contributed by atoms with Gasteiger partial charge in [-0.3, -0.25) is 0 Å². The maximum atomic E-state index is 5.37. The first-order valence-electron chi connectivity index (χ1n) is 4.10. The average Bonchev–Trinajstić information content (AvgIpc) is 2.06. The van der Waals surface area contributed by atoms with E-state index in [4.69, 9.17) is 9.47 Å². The lowest BCUT2D eigenvalue weighted by atomic mass is 10.0. The molecule has 0 unspecified atom stereocenters. The van der Waals surface area contributed by atoms with Crippen molar-refractivity contribution < 1.29 is 9.47 Å². The number of hydrogen-bond donors (Lipinski definition) is 0. The van der Waals surface area contributed by atoms with Crippen molar-refractivity contribution >= 4 is 0 Å². The van der Waals surface area contributed by atoms with E-state index in [1.807, 2.05) is 6.08 Å². The van der Waals surface area contributed by atoms with Gasteiger partial charge in [0.1, 0.15) is 6.79 Å². The Morgan fingerprint density at radius 3 is 2.50 bits per heavy atom. The molecular formula is C10H18O2. The van der Waals surface area contributed by atoms with Crippen molar-refractivity contribution in [1.82, 2.24) is 0 Å². The van der Waals surface area contributed by atoms with Crippen molar-refractivity contribution in [2.24, 2.45) is 5.92 Å². The minimum atomic E-state index is 0.0583. The molecule has 0 aromatic rings. The summed E-state index contributed by atoms with van der Waals surface area (Å²) < 4.78 is 10.2. The molecule has 12 heavy (non-hydrogen) atoms. The molecule has 70 valence electrons. The van der Waals surface area contributed by atoms with Crippen molar-refractivity contribution in [2.75, 3.05) is 13.9 Å². The molecule has 2 nitrogen and oxygen atoms in total. The van der Waals surface area contributed by atoms with E-state index in [-0.39, 0.29) is 6.10 Å². The number of ether oxygens (including phenoxy) is 2. The van der Waals surface area contributed by atoms with Crippen LogP contribution in [-0.2, 0) is 9.47 Å². The van der Waals surface area contributed by atoms with Crippen LogP contribution in [0.25, 0.3) is 0 Å². The molecule has 0 spiro atoms. The molecule has 0 N–H and O–H groups in total. The molecule has 0 saturated heterocycles. The summed E-state index contributed by atoms with van der Waals surface area (Å²) in [5.41, 5.74) is 0. The highest BCUT2D eigenvalue weighted by Gasteiger charge is 2.12. The fraction of sp³-hybridized carbons (Fsp3) is 0.600. The second-order valence-corrected chi connectivity index (χ2v) is 2.78. The first-order valence-corrected chi connectivity index (χ1v) is 4.10. The molecule has 0 aromatic carbocycles. The summed E-state index contributed by atoms with van der Waals surface area (Å²) in [6.45, 7) is 9.80. The third-order valence-electron chi connectivity index (χ3n) is 1.71. The summed E-state index contributed by atoms with van der Waals surface area (Å²) in [6, 6.07) is 0. The van der Waals surface area contributed by atoms with Gasteiger partial charge in [0.2, 0.25) is 0 Å². The van der Waals surface area contributed by atoms with Gasteiger partial charge in [-0.15, -0.1) is 13.2 Å². The maximum absolute atomic E-state index is 5.37. The lowest BCUT2D eigenvalue weighted by molar-refractivity contribution is -0.0702. The fourth-order valence-corrected chi connectivity index (χ4v) is 1.01. The average molecular weight is 170 g/mol. The molecule has 0 aliphatic heterocycles. The molecule has 0 amide bonds. The molecular weight excluding hydrogens is 152 g/mol. The van der Waals surface area contributed by atoms with Crippen molar-refractivity contribution in [2.45, 2.75) is 19.4 Å². The van der Waals surface area contributed by atoms with Gasteiger partial charge in [0.05, 0.1) is 6.10 Å². The van der Waals surface area contributed by atoms with Crippen LogP contribution < -0.4 is 0 Å². The van der Waals surface area contributed by atoms with Crippen LogP contribution in [0, 0.1) is 5.92 Å². The highest BCUT2D eigenvalue weighted by molar-refractivity contribution is 4.87. The summed E-state index contributed by atoms with van der Waals surface area (Å²) >= 11 is 0. The van der Waals surface area contributed by atoms with Gasteiger partial charge in [0.15, 0.2) is 0 Å². The fourth-order valence-electron chi connectivity index (χ4n) is 1.01. The third-order valence-corrected chi connectivity index (χ3v) is 1.71. The van der Waals surface area contributed by atoms with Crippen molar-refractivity contribution in [3.05, 3.63) is 25.3 Å². The molecule has 0 aliphatic rings. The van der Waals surface area contributed by atoms with Gasteiger partial charge in [-0.1, -0.05) is 19.1 Å². The summed E-state index contributed by atoms with van der Waals surface area (Å²) in [7, 11) is 1.61. The highest BCUT2D eigenvalue weighted by Crippen LogP contribution is 2.12. The molecule has 0 saturated carbocycles. The van der Waals surface area contributed by atoms with Gasteiger partial charge in [0.25, 0.3) is 0 Å². The Morgan fingerprint density at radius 1 is 1.42 bits per heavy atom. The van der Waals surface area contributed by atoms with Gasteiger partial charge < -0.3 is 9.47 Å². The number of methoxy groups -OCH3 is 1. The predicted molar refractivity (Wildman–Crippen MR) is 50.9 cm³/mol. The van der Waals surface area contributed by atoms with E-state index >= 15 is 0 Å². The van der Waals surface area contributed by atoms with Crippen molar-refractivity contribution in [1.29, 1.82) is 0 Å². The smallest absolute Gasteiger partial charge is 0.147 e. The van der Waals surface area contributed by atoms with E-state index in [2.05, 4.69) is 20.1 Å². The molecule has 2 heteroatoms. The summed E-state index contributed by atoms with van der Waals surface area (Å²) in [5, 5.41) is 0. The third kappa shape index (κ3) is 4.31. The molecule has 0 heterocycles. The SMILES string of the molecule is C=CC[C@H](C)[C@H](C=C)OCOC. The van der Waals surface area contributed by atoms with E-state index in [1.165, 1.54) is 0 Å². The highest BCUT2D eigenvalue weighted by atomic mass is 16.7. The first kappa shape index (κ1) is 11.4. The summed E-state index contributed by atoms with van der Waals surface area (Å²) in [5.74, 6) is 0.412. The van der Waals surface area contributed by atoms with E-state index in [1.54, 1.807) is 13.2 Å². The molecule has 0 bridgehead atoms. The number of allylic oxidation sites excluding steroid dienone is 1. The zero-order chi connectivity index (χ0) is 9.40. The number of hydrogen-bond acceptors (Lipinski definition) is 2. The Hall–Kier alpha value is -0.600. The Kier molecular flexibility index (Phi) is 6.72. The van der Waals surface area contributed by atoms with E-state index in [0.717, 1.165) is 6.42 Å². The zero-order valence-electron chi connectivity index (χ0n) is 7.95. The monoisotopic (exact) mass is 170 g/mol. The van der Waals surface area contributed by atoms with Crippen LogP contribution in [0.4, 0.5) is 0 Å². The molecule has 2 atom stereocenters. The zero-order valence-corrected chi connectivity index (χ0v) is 7.95. The van der Waals surface area contributed by atoms with Gasteiger partial charge in [0, 0.05) is 7.11 Å². The van der Waals surface area contributed by atoms with Gasteiger partial charge >= 0.3 is 0 Å². The molecule has 0 rings (SSSR count). The van der Waals surface area contributed by atoms with Gasteiger partial charge in [-0.25, -0.2) is 0 Å². The second kappa shape index (κ2) is 7.07. The molecule has 0 aliphatic carbocycles. The minimum Gasteiger partial charge on any atom is -0.359 e. The lowest BCUT2D eigenvalue weighted by Crippen LogP contribution is -2.19. The Morgan fingerprint density at radius 2 is 2.08 bits per heavy atom. The summed E-state index contributed by atoms with van der Waals surface area (Å²) in [6.07, 6.45) is 4.67. The van der Waals surface area contributed by atoms with Gasteiger partial charge in [-0.05, 0) is 12.3 Å². The van der Waals surface area contributed by atoms with Crippen LogP contribution in [0.5, 0.6) is 0 Å². The van der Waals surface area contributed by atoms with E-state index < -0.39 is 0 Å². The van der Waals surface area contributed by atoms with Crippen LogP contribution >= 0.6 is 0 Å². The van der Waals surface area contributed by atoms with Crippen molar-refractivity contribution in [3.8, 4) is 0 Å². The quantitative estimate of drug-likeness (QED) is 0.431. The molecule has 0 aromatic heterocycles.